The van der Waals surface area contributed by atoms with Gasteiger partial charge in [-0.2, -0.15) is 0 Å². The van der Waals surface area contributed by atoms with Crippen LogP contribution < -0.4 is 0 Å². The fraction of sp³-hybridized carbons (Fsp3) is 0.533. The van der Waals surface area contributed by atoms with Gasteiger partial charge in [-0.3, -0.25) is 14.6 Å². The van der Waals surface area contributed by atoms with Gasteiger partial charge in [-0.05, 0) is 19.4 Å². The van der Waals surface area contributed by atoms with Crippen molar-refractivity contribution in [3.63, 3.8) is 0 Å². The first-order chi connectivity index (χ1) is 8.66. The maximum Gasteiger partial charge on any atom is 0.146 e. The molecule has 2 rings (SSSR count). The molecule has 0 amide bonds. The first-order valence-corrected chi connectivity index (χ1v) is 6.67. The van der Waals surface area contributed by atoms with Crippen LogP contribution in [0.2, 0.25) is 0 Å². The fourth-order valence-electron chi connectivity index (χ4n) is 2.41. The number of Topliss-reactive ketones (excluding diaryl/α,β-unsaturated/α-hetero) is 1. The van der Waals surface area contributed by atoms with Crippen molar-refractivity contribution in [2.24, 2.45) is 0 Å². The van der Waals surface area contributed by atoms with Crippen LogP contribution in [0.4, 0.5) is 0 Å². The Labute approximate surface area is 109 Å². The van der Waals surface area contributed by atoms with Crippen molar-refractivity contribution in [2.45, 2.75) is 26.4 Å². The number of hydrogen-bond acceptors (Lipinski definition) is 3. The van der Waals surface area contributed by atoms with E-state index in [0.717, 1.165) is 32.7 Å². The molecule has 1 aliphatic rings. The highest BCUT2D eigenvalue weighted by atomic mass is 16.1. The number of nitrogens with zero attached hydrogens (tertiary/aromatic N) is 2. The van der Waals surface area contributed by atoms with Crippen LogP contribution in [0.5, 0.6) is 0 Å². The third-order valence-corrected chi connectivity index (χ3v) is 3.79. The molecular weight excluding hydrogens is 224 g/mol. The quantitative estimate of drug-likeness (QED) is 0.809. The molecule has 3 nitrogen and oxygen atoms in total. The molecule has 0 aliphatic carbocycles. The lowest BCUT2D eigenvalue weighted by atomic mass is 10.1. The van der Waals surface area contributed by atoms with Gasteiger partial charge in [-0.1, -0.05) is 30.3 Å². The van der Waals surface area contributed by atoms with Crippen LogP contribution in [-0.4, -0.2) is 47.8 Å². The first kappa shape index (κ1) is 13.2. The summed E-state index contributed by atoms with van der Waals surface area (Å²) in [6.07, 6.45) is 0. The minimum atomic E-state index is 0.0730. The van der Waals surface area contributed by atoms with Crippen molar-refractivity contribution in [3.05, 3.63) is 35.9 Å². The Morgan fingerprint density at radius 3 is 2.33 bits per heavy atom. The van der Waals surface area contributed by atoms with Gasteiger partial charge in [0, 0.05) is 32.7 Å². The molecule has 1 heterocycles. The number of carbonyl (C=O) groups excluding carboxylic acids is 1. The molecule has 18 heavy (non-hydrogen) atoms. The van der Waals surface area contributed by atoms with Gasteiger partial charge >= 0.3 is 0 Å². The average molecular weight is 246 g/mol. The molecule has 3 heteroatoms. The van der Waals surface area contributed by atoms with E-state index in [4.69, 9.17) is 0 Å². The highest BCUT2D eigenvalue weighted by Crippen LogP contribution is 2.10. The summed E-state index contributed by atoms with van der Waals surface area (Å²) in [5, 5.41) is 0. The number of carbonyl (C=O) groups is 1. The van der Waals surface area contributed by atoms with E-state index in [-0.39, 0.29) is 11.8 Å². The lowest BCUT2D eigenvalue weighted by Crippen LogP contribution is -2.50. The van der Waals surface area contributed by atoms with Crippen LogP contribution in [0.1, 0.15) is 19.4 Å². The number of ketones is 1. The van der Waals surface area contributed by atoms with Gasteiger partial charge in [0.1, 0.15) is 5.78 Å². The normalized spacial score (nSPS) is 19.7. The van der Waals surface area contributed by atoms with Crippen LogP contribution >= 0.6 is 0 Å². The van der Waals surface area contributed by atoms with Gasteiger partial charge in [-0.25, -0.2) is 0 Å². The second-order valence-corrected chi connectivity index (χ2v) is 5.08. The minimum Gasteiger partial charge on any atom is -0.298 e. The smallest absolute Gasteiger partial charge is 0.146 e. The molecule has 0 spiro atoms. The molecule has 1 unspecified atom stereocenters. The summed E-state index contributed by atoms with van der Waals surface area (Å²) in [7, 11) is 0. The molecular formula is C15H22N2O. The van der Waals surface area contributed by atoms with Crippen LogP contribution in [0.3, 0.4) is 0 Å². The number of hydrogen-bond donors (Lipinski definition) is 0. The Kier molecular flexibility index (Phi) is 4.50. The maximum atomic E-state index is 11.4. The summed E-state index contributed by atoms with van der Waals surface area (Å²) in [5.74, 6) is 0.270. The fourth-order valence-corrected chi connectivity index (χ4v) is 2.41. The third kappa shape index (κ3) is 3.40. The van der Waals surface area contributed by atoms with Gasteiger partial charge in [0.2, 0.25) is 0 Å². The molecule has 0 N–H and O–H groups in total. The van der Waals surface area contributed by atoms with Crippen LogP contribution in [-0.2, 0) is 11.3 Å². The standard InChI is InChI=1S/C15H22N2O/c1-13(14(2)18)17-10-8-16(9-11-17)12-15-6-4-3-5-7-15/h3-7,13H,8-12H2,1-2H3. The van der Waals surface area contributed by atoms with Crippen molar-refractivity contribution < 1.29 is 4.79 Å². The highest BCUT2D eigenvalue weighted by Gasteiger charge is 2.23. The highest BCUT2D eigenvalue weighted by molar-refractivity contribution is 5.80. The number of piperazine rings is 1. The Hall–Kier alpha value is -1.19. The number of rotatable bonds is 4. The molecule has 1 saturated heterocycles. The lowest BCUT2D eigenvalue weighted by molar-refractivity contribution is -0.122. The Balaban J connectivity index is 1.82. The largest absolute Gasteiger partial charge is 0.298 e. The molecule has 0 aromatic heterocycles. The van der Waals surface area contributed by atoms with Crippen molar-refractivity contribution in [2.75, 3.05) is 26.2 Å². The van der Waals surface area contributed by atoms with Gasteiger partial charge < -0.3 is 0 Å². The van der Waals surface area contributed by atoms with Crippen LogP contribution in [0.25, 0.3) is 0 Å². The average Bonchev–Trinajstić information content (AvgIpc) is 2.40. The van der Waals surface area contributed by atoms with Crippen LogP contribution in [0.15, 0.2) is 30.3 Å². The summed E-state index contributed by atoms with van der Waals surface area (Å²) < 4.78 is 0. The zero-order valence-corrected chi connectivity index (χ0v) is 11.3. The van der Waals surface area contributed by atoms with Crippen molar-refractivity contribution in [1.29, 1.82) is 0 Å². The van der Waals surface area contributed by atoms with Crippen molar-refractivity contribution >= 4 is 5.78 Å². The van der Waals surface area contributed by atoms with E-state index in [1.807, 2.05) is 6.92 Å². The Bertz CT molecular complexity index is 383. The molecule has 1 aromatic carbocycles. The van der Waals surface area contributed by atoms with E-state index < -0.39 is 0 Å². The topological polar surface area (TPSA) is 23.6 Å². The summed E-state index contributed by atoms with van der Waals surface area (Å²) >= 11 is 0. The van der Waals surface area contributed by atoms with E-state index in [9.17, 15) is 4.79 Å². The Morgan fingerprint density at radius 1 is 1.17 bits per heavy atom. The zero-order valence-electron chi connectivity index (χ0n) is 11.3. The van der Waals surface area contributed by atoms with Crippen molar-refractivity contribution in [3.8, 4) is 0 Å². The molecule has 1 atom stereocenters. The third-order valence-electron chi connectivity index (χ3n) is 3.79. The number of benzene rings is 1. The first-order valence-electron chi connectivity index (χ1n) is 6.67. The van der Waals surface area contributed by atoms with E-state index in [0.29, 0.717) is 0 Å². The molecule has 98 valence electrons. The van der Waals surface area contributed by atoms with E-state index in [1.54, 1.807) is 6.92 Å². The molecule has 0 bridgehead atoms. The van der Waals surface area contributed by atoms with Gasteiger partial charge in [-0.15, -0.1) is 0 Å². The second kappa shape index (κ2) is 6.12. The summed E-state index contributed by atoms with van der Waals surface area (Å²) in [6.45, 7) is 8.79. The van der Waals surface area contributed by atoms with Gasteiger partial charge in [0.05, 0.1) is 6.04 Å². The zero-order chi connectivity index (χ0) is 13.0. The predicted molar refractivity (Wildman–Crippen MR) is 73.4 cm³/mol. The predicted octanol–water partition coefficient (Wildman–Crippen LogP) is 1.78. The lowest BCUT2D eigenvalue weighted by Gasteiger charge is -2.37. The van der Waals surface area contributed by atoms with E-state index in [2.05, 4.69) is 40.1 Å². The molecule has 0 radical (unpaired) electrons. The summed E-state index contributed by atoms with van der Waals surface area (Å²) in [5.41, 5.74) is 1.37. The molecule has 1 aromatic rings. The van der Waals surface area contributed by atoms with Gasteiger partial charge in [0.25, 0.3) is 0 Å². The van der Waals surface area contributed by atoms with E-state index >= 15 is 0 Å². The SMILES string of the molecule is CC(=O)C(C)N1CCN(Cc2ccccc2)CC1. The molecule has 0 saturated carbocycles. The maximum absolute atomic E-state index is 11.4. The monoisotopic (exact) mass is 246 g/mol. The summed E-state index contributed by atoms with van der Waals surface area (Å²) in [4.78, 5) is 16.1. The van der Waals surface area contributed by atoms with Crippen molar-refractivity contribution in [1.82, 2.24) is 9.80 Å². The Morgan fingerprint density at radius 2 is 1.78 bits per heavy atom. The second-order valence-electron chi connectivity index (χ2n) is 5.08. The van der Waals surface area contributed by atoms with Crippen LogP contribution in [0, 0.1) is 0 Å². The van der Waals surface area contributed by atoms with Gasteiger partial charge in [0.15, 0.2) is 0 Å². The molecule has 1 aliphatic heterocycles. The summed E-state index contributed by atoms with van der Waals surface area (Å²) in [6, 6.07) is 10.6. The molecule has 1 fully saturated rings. The minimum absolute atomic E-state index is 0.0730. The van der Waals surface area contributed by atoms with E-state index in [1.165, 1.54) is 5.56 Å².